The van der Waals surface area contributed by atoms with Crippen LogP contribution in [-0.4, -0.2) is 13.4 Å². The highest BCUT2D eigenvalue weighted by molar-refractivity contribution is 7.92. The Labute approximate surface area is 121 Å². The topological polar surface area (TPSA) is 59.1 Å². The van der Waals surface area contributed by atoms with Gasteiger partial charge in [0.2, 0.25) is 0 Å². The molecule has 7 heteroatoms. The first-order valence-electron chi connectivity index (χ1n) is 5.72. The Morgan fingerprint density at radius 1 is 1.20 bits per heavy atom. The van der Waals surface area contributed by atoms with E-state index in [0.717, 1.165) is 6.07 Å². The molecule has 1 N–H and O–H groups in total. The number of nitrogens with zero attached hydrogens (tertiary/aromatic N) is 1. The van der Waals surface area contributed by atoms with Crippen molar-refractivity contribution >= 4 is 27.3 Å². The molecule has 0 spiro atoms. The van der Waals surface area contributed by atoms with Crippen molar-refractivity contribution in [3.63, 3.8) is 0 Å². The van der Waals surface area contributed by atoms with E-state index >= 15 is 0 Å². The van der Waals surface area contributed by atoms with Crippen molar-refractivity contribution < 1.29 is 12.8 Å². The molecule has 1 aromatic carbocycles. The van der Waals surface area contributed by atoms with Crippen molar-refractivity contribution in [1.82, 2.24) is 4.98 Å². The highest BCUT2D eigenvalue weighted by Gasteiger charge is 2.18. The Kier molecular flexibility index (Phi) is 3.96. The van der Waals surface area contributed by atoms with E-state index in [9.17, 15) is 12.8 Å². The fourth-order valence-electron chi connectivity index (χ4n) is 1.75. The van der Waals surface area contributed by atoms with Gasteiger partial charge in [0.1, 0.15) is 11.0 Å². The highest BCUT2D eigenvalue weighted by atomic mass is 35.5. The summed E-state index contributed by atoms with van der Waals surface area (Å²) in [7, 11) is -3.80. The third-order valence-corrected chi connectivity index (χ3v) is 4.46. The predicted molar refractivity (Wildman–Crippen MR) is 75.9 cm³/mol. The Bertz CT molecular complexity index is 763. The molecule has 2 aromatic rings. The summed E-state index contributed by atoms with van der Waals surface area (Å²) in [6.07, 6.45) is 0. The molecule has 4 nitrogen and oxygen atoms in total. The minimum atomic E-state index is -3.80. The van der Waals surface area contributed by atoms with Gasteiger partial charge >= 0.3 is 0 Å². The van der Waals surface area contributed by atoms with Crippen molar-refractivity contribution in [2.24, 2.45) is 0 Å². The number of aryl methyl sites for hydroxylation is 2. The zero-order valence-corrected chi connectivity index (χ0v) is 12.4. The lowest BCUT2D eigenvalue weighted by Gasteiger charge is -2.12. The first kappa shape index (κ1) is 14.7. The lowest BCUT2D eigenvalue weighted by Crippen LogP contribution is -2.15. The molecule has 0 aliphatic carbocycles. The van der Waals surface area contributed by atoms with Crippen molar-refractivity contribution in [2.75, 3.05) is 4.72 Å². The van der Waals surface area contributed by atoms with Gasteiger partial charge in [0, 0.05) is 0 Å². The largest absolute Gasteiger partial charge is 0.278 e. The summed E-state index contributed by atoms with van der Waals surface area (Å²) >= 11 is 5.72. The minimum Gasteiger partial charge on any atom is -0.278 e. The summed E-state index contributed by atoms with van der Waals surface area (Å²) in [6, 6.07) is 6.52. The van der Waals surface area contributed by atoms with Crippen LogP contribution in [0.2, 0.25) is 5.15 Å². The fraction of sp³-hybridized carbons (Fsp3) is 0.154. The van der Waals surface area contributed by atoms with E-state index in [1.54, 1.807) is 6.92 Å². The zero-order valence-electron chi connectivity index (χ0n) is 10.8. The molecule has 0 aliphatic heterocycles. The van der Waals surface area contributed by atoms with Crippen LogP contribution in [0.3, 0.4) is 0 Å². The Morgan fingerprint density at radius 2 is 1.90 bits per heavy atom. The van der Waals surface area contributed by atoms with Gasteiger partial charge in [0.05, 0.1) is 16.3 Å². The van der Waals surface area contributed by atoms with Gasteiger partial charge in [-0.1, -0.05) is 11.6 Å². The first-order chi connectivity index (χ1) is 9.29. The van der Waals surface area contributed by atoms with E-state index in [0.29, 0.717) is 16.9 Å². The monoisotopic (exact) mass is 314 g/mol. The van der Waals surface area contributed by atoms with Crippen LogP contribution in [0.5, 0.6) is 0 Å². The molecule has 0 saturated heterocycles. The van der Waals surface area contributed by atoms with E-state index in [1.165, 1.54) is 31.2 Å². The molecule has 2 rings (SSSR count). The molecule has 0 radical (unpaired) electrons. The van der Waals surface area contributed by atoms with Gasteiger partial charge in [-0.2, -0.15) is 0 Å². The van der Waals surface area contributed by atoms with Crippen molar-refractivity contribution in [3.05, 3.63) is 52.6 Å². The van der Waals surface area contributed by atoms with Gasteiger partial charge in [0.15, 0.2) is 0 Å². The molecule has 1 heterocycles. The Balaban J connectivity index is 2.41. The number of halogens is 2. The zero-order chi connectivity index (χ0) is 14.9. The molecule has 0 unspecified atom stereocenters. The first-order valence-corrected chi connectivity index (χ1v) is 7.58. The summed E-state index contributed by atoms with van der Waals surface area (Å²) in [6.45, 7) is 3.17. The summed E-state index contributed by atoms with van der Waals surface area (Å²) in [4.78, 5) is 3.99. The van der Waals surface area contributed by atoms with Crippen LogP contribution >= 0.6 is 11.6 Å². The Morgan fingerprint density at radius 3 is 2.50 bits per heavy atom. The quantitative estimate of drug-likeness (QED) is 0.884. The highest BCUT2D eigenvalue weighted by Crippen LogP contribution is 2.22. The van der Waals surface area contributed by atoms with Gasteiger partial charge in [-0.05, 0) is 49.7 Å². The van der Waals surface area contributed by atoms with Crippen LogP contribution in [0.15, 0.2) is 35.2 Å². The number of anilines is 1. The third-order valence-electron chi connectivity index (χ3n) is 2.72. The van der Waals surface area contributed by atoms with Crippen molar-refractivity contribution in [3.8, 4) is 0 Å². The van der Waals surface area contributed by atoms with Gasteiger partial charge in [-0.3, -0.25) is 4.72 Å². The Hall–Kier alpha value is -1.66. The normalized spacial score (nSPS) is 11.4. The number of rotatable bonds is 3. The molecule has 0 bridgehead atoms. The molecule has 0 fully saturated rings. The molecule has 0 saturated carbocycles. The van der Waals surface area contributed by atoms with Gasteiger partial charge < -0.3 is 0 Å². The molecule has 1 aromatic heterocycles. The van der Waals surface area contributed by atoms with E-state index < -0.39 is 15.8 Å². The second kappa shape index (κ2) is 5.38. The predicted octanol–water partition coefficient (Wildman–Crippen LogP) is 3.29. The van der Waals surface area contributed by atoms with E-state index in [2.05, 4.69) is 9.71 Å². The minimum absolute atomic E-state index is 0.0215. The smallest absolute Gasteiger partial charge is 0.262 e. The molecule has 106 valence electrons. The van der Waals surface area contributed by atoms with Crippen LogP contribution in [0.25, 0.3) is 0 Å². The lowest BCUT2D eigenvalue weighted by atomic mass is 10.2. The maximum Gasteiger partial charge on any atom is 0.262 e. The summed E-state index contributed by atoms with van der Waals surface area (Å²) < 4.78 is 40.0. The van der Waals surface area contributed by atoms with E-state index in [-0.39, 0.29) is 10.0 Å². The van der Waals surface area contributed by atoms with Crippen molar-refractivity contribution in [1.29, 1.82) is 0 Å². The maximum atomic E-state index is 13.0. The van der Waals surface area contributed by atoms with Gasteiger partial charge in [-0.25, -0.2) is 17.8 Å². The summed E-state index contributed by atoms with van der Waals surface area (Å²) in [5.41, 5.74) is 1.12. The maximum absolute atomic E-state index is 13.0. The molecular weight excluding hydrogens is 303 g/mol. The van der Waals surface area contributed by atoms with E-state index in [1.807, 2.05) is 0 Å². The number of aromatic nitrogens is 1. The number of hydrogen-bond donors (Lipinski definition) is 1. The fourth-order valence-corrected chi connectivity index (χ4v) is 3.29. The molecule has 20 heavy (non-hydrogen) atoms. The number of sulfonamides is 1. The third kappa shape index (κ3) is 3.08. The second-order valence-corrected chi connectivity index (χ2v) is 6.32. The molecular formula is C13H12ClFN2O2S. The lowest BCUT2D eigenvalue weighted by molar-refractivity contribution is 0.598. The van der Waals surface area contributed by atoms with Crippen molar-refractivity contribution in [2.45, 2.75) is 18.7 Å². The number of benzene rings is 1. The number of nitrogens with one attached hydrogen (secondary N) is 1. The van der Waals surface area contributed by atoms with Crippen LogP contribution in [0.4, 0.5) is 10.1 Å². The van der Waals surface area contributed by atoms with Crippen LogP contribution < -0.4 is 4.72 Å². The number of hydrogen-bond acceptors (Lipinski definition) is 3. The van der Waals surface area contributed by atoms with E-state index in [4.69, 9.17) is 11.6 Å². The molecule has 0 atom stereocenters. The second-order valence-electron chi connectivity index (χ2n) is 4.28. The van der Waals surface area contributed by atoms with Crippen LogP contribution in [-0.2, 0) is 10.0 Å². The average Bonchev–Trinajstić information content (AvgIpc) is 2.32. The summed E-state index contributed by atoms with van der Waals surface area (Å²) in [5, 5.41) is 0.281. The summed E-state index contributed by atoms with van der Waals surface area (Å²) in [5.74, 6) is -0.481. The average molecular weight is 315 g/mol. The standard InChI is InChI=1S/C13H12ClFN2O2S/c1-8-7-10(15)3-5-12(8)20(18,19)17-11-4-6-13(14)16-9(11)2/h3-7,17H,1-2H3. The van der Waals surface area contributed by atoms with Crippen LogP contribution in [0.1, 0.15) is 11.3 Å². The van der Waals surface area contributed by atoms with Gasteiger partial charge in [0.25, 0.3) is 10.0 Å². The van der Waals surface area contributed by atoms with Crippen LogP contribution in [0, 0.1) is 19.7 Å². The van der Waals surface area contributed by atoms with Gasteiger partial charge in [-0.15, -0.1) is 0 Å². The molecule has 0 aliphatic rings. The SMILES string of the molecule is Cc1cc(F)ccc1S(=O)(=O)Nc1ccc(Cl)nc1C. The number of pyridine rings is 1. The molecule has 0 amide bonds.